The molecule has 1 aromatic heterocycles. The molecule has 0 aliphatic heterocycles. The van der Waals surface area contributed by atoms with E-state index < -0.39 is 0 Å². The number of aromatic nitrogens is 2. The van der Waals surface area contributed by atoms with Crippen LogP contribution in [0.4, 0.5) is 0 Å². The molecule has 0 radical (unpaired) electrons. The zero-order chi connectivity index (χ0) is 10.2. The van der Waals surface area contributed by atoms with E-state index in [0.29, 0.717) is 5.92 Å². The molecule has 2 heteroatoms. The van der Waals surface area contributed by atoms with Crippen molar-refractivity contribution >= 4 is 0 Å². The maximum absolute atomic E-state index is 5.33. The molecule has 1 aromatic rings. The van der Waals surface area contributed by atoms with Gasteiger partial charge in [0.05, 0.1) is 0 Å². The Balaban J connectivity index is 2.63. The van der Waals surface area contributed by atoms with Crippen LogP contribution < -0.4 is 0 Å². The molecule has 1 heterocycles. The first-order chi connectivity index (χ1) is 6.88. The van der Waals surface area contributed by atoms with Crippen molar-refractivity contribution in [1.82, 2.24) is 9.97 Å². The topological polar surface area (TPSA) is 25.8 Å². The van der Waals surface area contributed by atoms with Crippen molar-refractivity contribution in [3.8, 4) is 12.3 Å². The van der Waals surface area contributed by atoms with Crippen molar-refractivity contribution in [2.45, 2.75) is 38.5 Å². The van der Waals surface area contributed by atoms with Crippen LogP contribution in [-0.2, 0) is 0 Å². The van der Waals surface area contributed by atoms with Crippen LogP contribution in [-0.4, -0.2) is 9.97 Å². The molecule has 14 heavy (non-hydrogen) atoms. The van der Waals surface area contributed by atoms with Gasteiger partial charge >= 0.3 is 0 Å². The first-order valence-corrected chi connectivity index (χ1v) is 5.08. The van der Waals surface area contributed by atoms with Gasteiger partial charge in [-0.05, 0) is 12.5 Å². The lowest BCUT2D eigenvalue weighted by atomic mass is 9.98. The van der Waals surface area contributed by atoms with E-state index in [4.69, 9.17) is 6.42 Å². The fraction of sp³-hybridized carbons (Fsp3) is 0.500. The summed E-state index contributed by atoms with van der Waals surface area (Å²) in [5, 5.41) is 0. The molecule has 0 aliphatic rings. The minimum atomic E-state index is 0.334. The minimum Gasteiger partial charge on any atom is -0.241 e. The summed E-state index contributed by atoms with van der Waals surface area (Å²) in [4.78, 5) is 8.49. The van der Waals surface area contributed by atoms with E-state index in [0.717, 1.165) is 18.7 Å². The van der Waals surface area contributed by atoms with Gasteiger partial charge in [-0.25, -0.2) is 9.97 Å². The zero-order valence-corrected chi connectivity index (χ0v) is 8.61. The SMILES string of the molecule is C#CCC(CCCC)c1ncccn1. The van der Waals surface area contributed by atoms with Crippen LogP contribution in [0.25, 0.3) is 0 Å². The monoisotopic (exact) mass is 188 g/mol. The second-order valence-electron chi connectivity index (χ2n) is 3.35. The Kier molecular flexibility index (Phi) is 4.71. The third-order valence-corrected chi connectivity index (χ3v) is 2.22. The molecule has 0 saturated heterocycles. The van der Waals surface area contributed by atoms with Gasteiger partial charge in [0.15, 0.2) is 0 Å². The van der Waals surface area contributed by atoms with E-state index in [1.165, 1.54) is 12.8 Å². The van der Waals surface area contributed by atoms with Crippen LogP contribution in [0.5, 0.6) is 0 Å². The van der Waals surface area contributed by atoms with E-state index in [-0.39, 0.29) is 0 Å². The van der Waals surface area contributed by atoms with Gasteiger partial charge in [-0.15, -0.1) is 12.3 Å². The van der Waals surface area contributed by atoms with E-state index in [9.17, 15) is 0 Å². The van der Waals surface area contributed by atoms with E-state index >= 15 is 0 Å². The van der Waals surface area contributed by atoms with Gasteiger partial charge in [0, 0.05) is 24.7 Å². The highest BCUT2D eigenvalue weighted by Gasteiger charge is 2.11. The van der Waals surface area contributed by atoms with Gasteiger partial charge in [-0.1, -0.05) is 19.8 Å². The Labute approximate surface area is 85.8 Å². The predicted molar refractivity (Wildman–Crippen MR) is 57.7 cm³/mol. The van der Waals surface area contributed by atoms with Crippen LogP contribution in [0.2, 0.25) is 0 Å². The molecule has 0 saturated carbocycles. The largest absolute Gasteiger partial charge is 0.241 e. The molecule has 1 atom stereocenters. The van der Waals surface area contributed by atoms with E-state index in [1.807, 2.05) is 6.07 Å². The van der Waals surface area contributed by atoms with Gasteiger partial charge in [-0.3, -0.25) is 0 Å². The third-order valence-electron chi connectivity index (χ3n) is 2.22. The van der Waals surface area contributed by atoms with Crippen molar-refractivity contribution < 1.29 is 0 Å². The summed E-state index contributed by atoms with van der Waals surface area (Å²) in [7, 11) is 0. The first kappa shape index (κ1) is 10.7. The molecule has 0 fully saturated rings. The molecule has 0 N–H and O–H groups in total. The summed E-state index contributed by atoms with van der Waals surface area (Å²) in [6.45, 7) is 2.18. The number of terminal acetylenes is 1. The van der Waals surface area contributed by atoms with Gasteiger partial charge in [-0.2, -0.15) is 0 Å². The van der Waals surface area contributed by atoms with Crippen molar-refractivity contribution in [3.63, 3.8) is 0 Å². The van der Waals surface area contributed by atoms with Crippen molar-refractivity contribution in [2.24, 2.45) is 0 Å². The molecule has 0 aliphatic carbocycles. The standard InChI is InChI=1S/C12H16N2/c1-3-5-8-11(7-4-2)12-13-9-6-10-14-12/h2,6,9-11H,3,5,7-8H2,1H3. The highest BCUT2D eigenvalue weighted by Crippen LogP contribution is 2.21. The second-order valence-corrected chi connectivity index (χ2v) is 3.35. The highest BCUT2D eigenvalue weighted by molar-refractivity contribution is 5.02. The highest BCUT2D eigenvalue weighted by atomic mass is 14.9. The number of unbranched alkanes of at least 4 members (excludes halogenated alkanes) is 1. The molecule has 0 bridgehead atoms. The Morgan fingerprint density at radius 1 is 1.43 bits per heavy atom. The summed E-state index contributed by atoms with van der Waals surface area (Å²) in [5.41, 5.74) is 0. The summed E-state index contributed by atoms with van der Waals surface area (Å²) in [6.07, 6.45) is 13.1. The first-order valence-electron chi connectivity index (χ1n) is 5.08. The van der Waals surface area contributed by atoms with Gasteiger partial charge in [0.1, 0.15) is 5.82 Å². The molecule has 74 valence electrons. The van der Waals surface area contributed by atoms with Crippen LogP contribution in [0, 0.1) is 12.3 Å². The molecular weight excluding hydrogens is 172 g/mol. The van der Waals surface area contributed by atoms with Crippen molar-refractivity contribution in [3.05, 3.63) is 24.3 Å². The normalized spacial score (nSPS) is 12.0. The number of nitrogens with zero attached hydrogens (tertiary/aromatic N) is 2. The second kappa shape index (κ2) is 6.15. The Morgan fingerprint density at radius 2 is 2.14 bits per heavy atom. The van der Waals surface area contributed by atoms with E-state index in [1.54, 1.807) is 12.4 Å². The number of hydrogen-bond donors (Lipinski definition) is 0. The summed E-state index contributed by atoms with van der Waals surface area (Å²) >= 11 is 0. The lowest BCUT2D eigenvalue weighted by Crippen LogP contribution is -2.03. The number of hydrogen-bond acceptors (Lipinski definition) is 2. The van der Waals surface area contributed by atoms with Crippen LogP contribution in [0.3, 0.4) is 0 Å². The van der Waals surface area contributed by atoms with Crippen LogP contribution in [0.15, 0.2) is 18.5 Å². The minimum absolute atomic E-state index is 0.334. The van der Waals surface area contributed by atoms with E-state index in [2.05, 4.69) is 22.8 Å². The molecule has 0 amide bonds. The van der Waals surface area contributed by atoms with Crippen molar-refractivity contribution in [2.75, 3.05) is 0 Å². The smallest absolute Gasteiger partial charge is 0.132 e. The summed E-state index contributed by atoms with van der Waals surface area (Å²) in [5.74, 6) is 3.92. The Hall–Kier alpha value is -1.36. The molecule has 1 rings (SSSR count). The summed E-state index contributed by atoms with van der Waals surface area (Å²) < 4.78 is 0. The number of rotatable bonds is 5. The molecule has 0 spiro atoms. The Bertz CT molecular complexity index is 287. The molecular formula is C12H16N2. The molecule has 2 nitrogen and oxygen atoms in total. The molecule has 1 unspecified atom stereocenters. The maximum atomic E-state index is 5.33. The van der Waals surface area contributed by atoms with Gasteiger partial charge in [0.2, 0.25) is 0 Å². The van der Waals surface area contributed by atoms with Crippen molar-refractivity contribution in [1.29, 1.82) is 0 Å². The fourth-order valence-electron chi connectivity index (χ4n) is 1.44. The Morgan fingerprint density at radius 3 is 2.71 bits per heavy atom. The third kappa shape index (κ3) is 3.18. The lowest BCUT2D eigenvalue weighted by Gasteiger charge is -2.11. The lowest BCUT2D eigenvalue weighted by molar-refractivity contribution is 0.567. The van der Waals surface area contributed by atoms with Crippen LogP contribution in [0.1, 0.15) is 44.3 Å². The average Bonchev–Trinajstić information content (AvgIpc) is 2.25. The average molecular weight is 188 g/mol. The van der Waals surface area contributed by atoms with Gasteiger partial charge in [0.25, 0.3) is 0 Å². The zero-order valence-electron chi connectivity index (χ0n) is 8.61. The molecule has 0 aromatic carbocycles. The predicted octanol–water partition coefficient (Wildman–Crippen LogP) is 2.77. The quantitative estimate of drug-likeness (QED) is 0.664. The van der Waals surface area contributed by atoms with Crippen LogP contribution >= 0.6 is 0 Å². The van der Waals surface area contributed by atoms with Gasteiger partial charge < -0.3 is 0 Å². The fourth-order valence-corrected chi connectivity index (χ4v) is 1.44. The maximum Gasteiger partial charge on any atom is 0.132 e. The summed E-state index contributed by atoms with van der Waals surface area (Å²) in [6, 6.07) is 1.83.